The van der Waals surface area contributed by atoms with E-state index in [4.69, 9.17) is 0 Å². The molecule has 2 rings (SSSR count). The van der Waals surface area contributed by atoms with Crippen molar-refractivity contribution in [1.82, 2.24) is 4.98 Å². The van der Waals surface area contributed by atoms with Crippen LogP contribution in [0.4, 0.5) is 14.5 Å². The molecule has 0 saturated carbocycles. The maximum absolute atomic E-state index is 13.3. The first-order valence-corrected chi connectivity index (χ1v) is 5.29. The number of carbonyl (C=O) groups is 1. The van der Waals surface area contributed by atoms with Crippen molar-refractivity contribution in [2.45, 2.75) is 6.42 Å². The van der Waals surface area contributed by atoms with Crippen molar-refractivity contribution < 1.29 is 13.6 Å². The van der Waals surface area contributed by atoms with Crippen molar-refractivity contribution in [3.8, 4) is 0 Å². The first-order chi connectivity index (χ1) is 8.65. The third kappa shape index (κ3) is 3.10. The summed E-state index contributed by atoms with van der Waals surface area (Å²) >= 11 is 0. The van der Waals surface area contributed by atoms with Crippen LogP contribution in [-0.4, -0.2) is 10.9 Å². The van der Waals surface area contributed by atoms with E-state index in [0.717, 1.165) is 17.7 Å². The molecule has 1 aromatic carbocycles. The van der Waals surface area contributed by atoms with Gasteiger partial charge in [-0.2, -0.15) is 0 Å². The average molecular weight is 248 g/mol. The van der Waals surface area contributed by atoms with Crippen LogP contribution in [0.25, 0.3) is 0 Å². The van der Waals surface area contributed by atoms with Crippen LogP contribution in [0.5, 0.6) is 0 Å². The van der Waals surface area contributed by atoms with Crippen LogP contribution in [0.15, 0.2) is 42.7 Å². The molecule has 1 heterocycles. The standard InChI is InChI=1S/C13H10F2N2O/c14-10-3-4-12(11(15)7-10)17-13(18)6-9-2-1-5-16-8-9/h1-5,7-8H,6H2,(H,17,18). The van der Waals surface area contributed by atoms with Gasteiger partial charge in [0.2, 0.25) is 5.91 Å². The molecule has 0 unspecified atom stereocenters. The van der Waals surface area contributed by atoms with Crippen LogP contribution in [0, 0.1) is 11.6 Å². The topological polar surface area (TPSA) is 42.0 Å². The average Bonchev–Trinajstić information content (AvgIpc) is 2.34. The third-order valence-electron chi connectivity index (χ3n) is 2.29. The summed E-state index contributed by atoms with van der Waals surface area (Å²) in [5.41, 5.74) is 0.683. The van der Waals surface area contributed by atoms with E-state index in [1.54, 1.807) is 24.5 Å². The summed E-state index contributed by atoms with van der Waals surface area (Å²) in [6.07, 6.45) is 3.24. The minimum Gasteiger partial charge on any atom is -0.323 e. The van der Waals surface area contributed by atoms with Gasteiger partial charge in [0.15, 0.2) is 0 Å². The number of benzene rings is 1. The Kier molecular flexibility index (Phi) is 3.62. The van der Waals surface area contributed by atoms with E-state index in [0.29, 0.717) is 0 Å². The van der Waals surface area contributed by atoms with E-state index in [1.807, 2.05) is 0 Å². The molecule has 2 aromatic rings. The van der Waals surface area contributed by atoms with Gasteiger partial charge in [-0.1, -0.05) is 6.07 Å². The molecule has 0 bridgehead atoms. The van der Waals surface area contributed by atoms with Gasteiger partial charge in [0.05, 0.1) is 12.1 Å². The summed E-state index contributed by atoms with van der Waals surface area (Å²) in [6, 6.07) is 6.45. The van der Waals surface area contributed by atoms with Crippen molar-refractivity contribution in [2.24, 2.45) is 0 Å². The first kappa shape index (κ1) is 12.2. The summed E-state index contributed by atoms with van der Waals surface area (Å²) in [5, 5.41) is 2.38. The quantitative estimate of drug-likeness (QED) is 0.906. The van der Waals surface area contributed by atoms with Crippen molar-refractivity contribution in [3.05, 3.63) is 59.9 Å². The number of hydrogen-bond donors (Lipinski definition) is 1. The Labute approximate surface area is 102 Å². The second kappa shape index (κ2) is 5.35. The SMILES string of the molecule is O=C(Cc1cccnc1)Nc1ccc(F)cc1F. The van der Waals surface area contributed by atoms with E-state index >= 15 is 0 Å². The van der Waals surface area contributed by atoms with Gasteiger partial charge >= 0.3 is 0 Å². The summed E-state index contributed by atoms with van der Waals surface area (Å²) in [4.78, 5) is 15.5. The summed E-state index contributed by atoms with van der Waals surface area (Å²) in [7, 11) is 0. The molecule has 3 nitrogen and oxygen atoms in total. The molecule has 0 radical (unpaired) electrons. The largest absolute Gasteiger partial charge is 0.323 e. The predicted octanol–water partition coefficient (Wildman–Crippen LogP) is 2.54. The highest BCUT2D eigenvalue weighted by Crippen LogP contribution is 2.15. The van der Waals surface area contributed by atoms with E-state index in [2.05, 4.69) is 10.3 Å². The van der Waals surface area contributed by atoms with Crippen molar-refractivity contribution in [3.63, 3.8) is 0 Å². The van der Waals surface area contributed by atoms with E-state index in [-0.39, 0.29) is 18.0 Å². The number of rotatable bonds is 3. The predicted molar refractivity (Wildman–Crippen MR) is 62.9 cm³/mol. The number of aromatic nitrogens is 1. The van der Waals surface area contributed by atoms with Gasteiger partial charge in [0.1, 0.15) is 11.6 Å². The van der Waals surface area contributed by atoms with Gasteiger partial charge in [0.25, 0.3) is 0 Å². The molecule has 1 amide bonds. The van der Waals surface area contributed by atoms with Crippen LogP contribution >= 0.6 is 0 Å². The molecule has 0 aliphatic heterocycles. The second-order valence-electron chi connectivity index (χ2n) is 3.71. The number of nitrogens with one attached hydrogen (secondary N) is 1. The molecule has 0 fully saturated rings. The van der Waals surface area contributed by atoms with Crippen LogP contribution in [0.3, 0.4) is 0 Å². The molecule has 0 saturated heterocycles. The Bertz CT molecular complexity index is 558. The summed E-state index contributed by atoms with van der Waals surface area (Å²) in [5.74, 6) is -1.86. The van der Waals surface area contributed by atoms with Gasteiger partial charge in [0, 0.05) is 18.5 Å². The molecule has 92 valence electrons. The molecule has 0 aliphatic carbocycles. The highest BCUT2D eigenvalue weighted by atomic mass is 19.1. The zero-order chi connectivity index (χ0) is 13.0. The van der Waals surface area contributed by atoms with Crippen molar-refractivity contribution in [1.29, 1.82) is 0 Å². The molecule has 0 spiro atoms. The fourth-order valence-corrected chi connectivity index (χ4v) is 1.47. The number of pyridine rings is 1. The Morgan fingerprint density at radius 2 is 2.11 bits per heavy atom. The lowest BCUT2D eigenvalue weighted by molar-refractivity contribution is -0.115. The lowest BCUT2D eigenvalue weighted by atomic mass is 10.2. The zero-order valence-electron chi connectivity index (χ0n) is 9.36. The fourth-order valence-electron chi connectivity index (χ4n) is 1.47. The van der Waals surface area contributed by atoms with Crippen LogP contribution < -0.4 is 5.32 Å². The fraction of sp³-hybridized carbons (Fsp3) is 0.0769. The molecular formula is C13H10F2N2O. The van der Waals surface area contributed by atoms with Gasteiger partial charge in [-0.15, -0.1) is 0 Å². The number of carbonyl (C=O) groups excluding carboxylic acids is 1. The van der Waals surface area contributed by atoms with Crippen molar-refractivity contribution in [2.75, 3.05) is 5.32 Å². The van der Waals surface area contributed by atoms with Gasteiger partial charge in [-0.25, -0.2) is 8.78 Å². The molecule has 18 heavy (non-hydrogen) atoms. The second-order valence-corrected chi connectivity index (χ2v) is 3.71. The lowest BCUT2D eigenvalue weighted by Gasteiger charge is -2.06. The van der Waals surface area contributed by atoms with E-state index in [1.165, 1.54) is 6.07 Å². The minimum absolute atomic E-state index is 0.0368. The zero-order valence-corrected chi connectivity index (χ0v) is 9.36. The smallest absolute Gasteiger partial charge is 0.228 e. The van der Waals surface area contributed by atoms with Gasteiger partial charge in [-0.05, 0) is 23.8 Å². The normalized spacial score (nSPS) is 10.1. The number of halogens is 2. The molecule has 0 aliphatic rings. The van der Waals surface area contributed by atoms with E-state index in [9.17, 15) is 13.6 Å². The number of nitrogens with zero attached hydrogens (tertiary/aromatic N) is 1. The van der Waals surface area contributed by atoms with Crippen LogP contribution in [0.1, 0.15) is 5.56 Å². The Hall–Kier alpha value is -2.30. The lowest BCUT2D eigenvalue weighted by Crippen LogP contribution is -2.15. The monoisotopic (exact) mass is 248 g/mol. The Balaban J connectivity index is 2.03. The Morgan fingerprint density at radius 1 is 1.28 bits per heavy atom. The molecule has 0 atom stereocenters. The number of hydrogen-bond acceptors (Lipinski definition) is 2. The summed E-state index contributed by atoms with van der Waals surface area (Å²) < 4.78 is 26.0. The van der Waals surface area contributed by atoms with Crippen LogP contribution in [-0.2, 0) is 11.2 Å². The minimum atomic E-state index is -0.797. The van der Waals surface area contributed by atoms with Crippen molar-refractivity contribution >= 4 is 11.6 Å². The molecule has 5 heteroatoms. The van der Waals surface area contributed by atoms with Crippen LogP contribution in [0.2, 0.25) is 0 Å². The number of anilines is 1. The molecular weight excluding hydrogens is 238 g/mol. The number of amides is 1. The maximum atomic E-state index is 13.3. The third-order valence-corrected chi connectivity index (χ3v) is 2.29. The maximum Gasteiger partial charge on any atom is 0.228 e. The molecule has 1 aromatic heterocycles. The Morgan fingerprint density at radius 3 is 2.78 bits per heavy atom. The molecule has 1 N–H and O–H groups in total. The first-order valence-electron chi connectivity index (χ1n) is 5.29. The van der Waals surface area contributed by atoms with E-state index < -0.39 is 11.6 Å². The van der Waals surface area contributed by atoms with Gasteiger partial charge < -0.3 is 5.32 Å². The summed E-state index contributed by atoms with van der Waals surface area (Å²) in [6.45, 7) is 0. The van der Waals surface area contributed by atoms with Gasteiger partial charge in [-0.3, -0.25) is 9.78 Å². The highest BCUT2D eigenvalue weighted by molar-refractivity contribution is 5.92. The highest BCUT2D eigenvalue weighted by Gasteiger charge is 2.08.